The van der Waals surface area contributed by atoms with Crippen LogP contribution in [0.4, 0.5) is 0 Å². The zero-order valence-electron chi connectivity index (χ0n) is 22.6. The molecule has 2 aliphatic rings. The molecular formula is C31H36N2O5. The average Bonchev–Trinajstić information content (AvgIpc) is 3.35. The molecule has 1 amide bonds. The first-order chi connectivity index (χ1) is 18.5. The Balaban J connectivity index is 1.39. The quantitative estimate of drug-likeness (QED) is 0.461. The van der Waals surface area contributed by atoms with Gasteiger partial charge in [0.25, 0.3) is 0 Å². The Morgan fingerprint density at radius 3 is 2.11 bits per heavy atom. The number of nitrogens with one attached hydrogen (secondary N) is 1. The maximum atomic E-state index is 13.3. The summed E-state index contributed by atoms with van der Waals surface area (Å²) in [5.74, 6) is 2.87. The zero-order valence-corrected chi connectivity index (χ0v) is 22.6. The van der Waals surface area contributed by atoms with Crippen LogP contribution < -0.4 is 24.3 Å². The van der Waals surface area contributed by atoms with E-state index in [0.717, 1.165) is 42.7 Å². The van der Waals surface area contributed by atoms with Crippen molar-refractivity contribution in [2.24, 2.45) is 0 Å². The highest BCUT2D eigenvalue weighted by atomic mass is 16.5. The van der Waals surface area contributed by atoms with Crippen LogP contribution in [0.2, 0.25) is 0 Å². The van der Waals surface area contributed by atoms with Gasteiger partial charge < -0.3 is 24.3 Å². The van der Waals surface area contributed by atoms with E-state index in [0.29, 0.717) is 30.2 Å². The van der Waals surface area contributed by atoms with Crippen molar-refractivity contribution in [1.29, 1.82) is 0 Å². The number of carbonyl (C=O) groups is 1. The number of benzene rings is 3. The zero-order chi connectivity index (χ0) is 26.6. The van der Waals surface area contributed by atoms with Crippen LogP contribution in [0.25, 0.3) is 0 Å². The molecule has 3 aromatic rings. The predicted octanol–water partition coefficient (Wildman–Crippen LogP) is 4.15. The lowest BCUT2D eigenvalue weighted by molar-refractivity contribution is -0.123. The molecule has 0 aromatic heterocycles. The predicted molar refractivity (Wildman–Crippen MR) is 147 cm³/mol. The van der Waals surface area contributed by atoms with Gasteiger partial charge in [-0.3, -0.25) is 9.69 Å². The minimum Gasteiger partial charge on any atom is -0.493 e. The number of carbonyl (C=O) groups excluding carboxylic acids is 1. The highest BCUT2D eigenvalue weighted by Crippen LogP contribution is 2.40. The smallest absolute Gasteiger partial charge is 0.234 e. The van der Waals surface area contributed by atoms with Crippen molar-refractivity contribution >= 4 is 5.91 Å². The van der Waals surface area contributed by atoms with E-state index in [4.69, 9.17) is 18.9 Å². The third-order valence-electron chi connectivity index (χ3n) is 7.75. The van der Waals surface area contributed by atoms with E-state index in [2.05, 4.69) is 52.7 Å². The topological polar surface area (TPSA) is 69.3 Å². The third kappa shape index (κ3) is 5.29. The van der Waals surface area contributed by atoms with Crippen LogP contribution >= 0.6 is 0 Å². The van der Waals surface area contributed by atoms with E-state index < -0.39 is 0 Å². The molecule has 38 heavy (non-hydrogen) atoms. The summed E-state index contributed by atoms with van der Waals surface area (Å²) in [6, 6.07) is 18.7. The maximum absolute atomic E-state index is 13.3. The molecular weight excluding hydrogens is 480 g/mol. The molecule has 0 fully saturated rings. The lowest BCUT2D eigenvalue weighted by atomic mass is 9.88. The van der Waals surface area contributed by atoms with Crippen molar-refractivity contribution in [2.75, 3.05) is 41.5 Å². The first kappa shape index (κ1) is 25.9. The van der Waals surface area contributed by atoms with Crippen molar-refractivity contribution < 1.29 is 23.7 Å². The van der Waals surface area contributed by atoms with Crippen molar-refractivity contribution in [2.45, 2.75) is 37.8 Å². The minimum atomic E-state index is -0.0109. The number of hydrogen-bond acceptors (Lipinski definition) is 6. The summed E-state index contributed by atoms with van der Waals surface area (Å²) in [5.41, 5.74) is 6.14. The van der Waals surface area contributed by atoms with Gasteiger partial charge in [-0.2, -0.15) is 0 Å². The fraction of sp³-hybridized carbons (Fsp3) is 0.387. The Bertz CT molecular complexity index is 1280. The SMILES string of the molecule is COc1ccc(CC2c3cc(OC)c(OC)cc3CCN2CC(=O)NC2Cc3ccccc3C2)cc1OC. The van der Waals surface area contributed by atoms with Crippen molar-refractivity contribution in [3.8, 4) is 23.0 Å². The Labute approximate surface area is 224 Å². The van der Waals surface area contributed by atoms with Crippen LogP contribution in [0.15, 0.2) is 54.6 Å². The highest BCUT2D eigenvalue weighted by Gasteiger charge is 2.32. The van der Waals surface area contributed by atoms with Crippen LogP contribution in [0.1, 0.15) is 33.9 Å². The van der Waals surface area contributed by atoms with Crippen molar-refractivity contribution in [1.82, 2.24) is 10.2 Å². The van der Waals surface area contributed by atoms with Crippen LogP contribution in [-0.4, -0.2) is 58.4 Å². The normalized spacial score (nSPS) is 16.9. The molecule has 200 valence electrons. The van der Waals surface area contributed by atoms with Crippen LogP contribution in [0.3, 0.4) is 0 Å². The summed E-state index contributed by atoms with van der Waals surface area (Å²) in [6.07, 6.45) is 3.32. The van der Waals surface area contributed by atoms with Gasteiger partial charge in [0.1, 0.15) is 0 Å². The Morgan fingerprint density at radius 2 is 1.45 bits per heavy atom. The first-order valence-corrected chi connectivity index (χ1v) is 13.1. The number of fused-ring (bicyclic) bond motifs is 2. The molecule has 0 radical (unpaired) electrons. The van der Waals surface area contributed by atoms with Gasteiger partial charge >= 0.3 is 0 Å². The standard InChI is InChI=1S/C31H36N2O5/c1-35-27-10-9-20(14-28(27)36-2)13-26-25-18-30(38-4)29(37-3)17-23(25)11-12-33(26)19-31(34)32-24-15-21-7-5-6-8-22(21)16-24/h5-10,14,17-18,24,26H,11-13,15-16,19H2,1-4H3,(H,32,34). The molecule has 5 rings (SSSR count). The number of hydrogen-bond donors (Lipinski definition) is 1. The Morgan fingerprint density at radius 1 is 0.816 bits per heavy atom. The number of amides is 1. The van der Waals surface area contributed by atoms with E-state index in [1.54, 1.807) is 28.4 Å². The second-order valence-corrected chi connectivity index (χ2v) is 9.98. The fourth-order valence-corrected chi connectivity index (χ4v) is 5.86. The summed E-state index contributed by atoms with van der Waals surface area (Å²) in [4.78, 5) is 15.6. The van der Waals surface area contributed by atoms with E-state index in [-0.39, 0.29) is 18.0 Å². The lowest BCUT2D eigenvalue weighted by Crippen LogP contribution is -2.46. The summed E-state index contributed by atoms with van der Waals surface area (Å²) in [7, 11) is 6.60. The number of nitrogens with zero attached hydrogens (tertiary/aromatic N) is 1. The summed E-state index contributed by atoms with van der Waals surface area (Å²) in [5, 5.41) is 3.29. The molecule has 7 nitrogen and oxygen atoms in total. The van der Waals surface area contributed by atoms with E-state index in [1.807, 2.05) is 12.1 Å². The van der Waals surface area contributed by atoms with Gasteiger partial charge in [-0.25, -0.2) is 0 Å². The molecule has 1 unspecified atom stereocenters. The number of methoxy groups -OCH3 is 4. The molecule has 1 atom stereocenters. The van der Waals surface area contributed by atoms with Gasteiger partial charge in [0.2, 0.25) is 5.91 Å². The second kappa shape index (κ2) is 11.4. The van der Waals surface area contributed by atoms with Gasteiger partial charge in [0.15, 0.2) is 23.0 Å². The molecule has 3 aromatic carbocycles. The van der Waals surface area contributed by atoms with Gasteiger partial charge in [-0.05, 0) is 77.8 Å². The minimum absolute atomic E-state index is 0.0109. The van der Waals surface area contributed by atoms with Crippen LogP contribution in [0, 0.1) is 0 Å². The second-order valence-electron chi connectivity index (χ2n) is 9.98. The third-order valence-corrected chi connectivity index (χ3v) is 7.75. The molecule has 1 N–H and O–H groups in total. The molecule has 0 saturated heterocycles. The van der Waals surface area contributed by atoms with Gasteiger partial charge in [0, 0.05) is 18.6 Å². The monoisotopic (exact) mass is 516 g/mol. The van der Waals surface area contributed by atoms with E-state index in [1.165, 1.54) is 16.7 Å². The fourth-order valence-electron chi connectivity index (χ4n) is 5.86. The van der Waals surface area contributed by atoms with Gasteiger partial charge in [0.05, 0.1) is 35.0 Å². The molecule has 0 bridgehead atoms. The van der Waals surface area contributed by atoms with E-state index >= 15 is 0 Å². The molecule has 1 aliphatic heterocycles. The largest absolute Gasteiger partial charge is 0.493 e. The van der Waals surface area contributed by atoms with Crippen LogP contribution in [0.5, 0.6) is 23.0 Å². The average molecular weight is 517 g/mol. The molecule has 7 heteroatoms. The lowest BCUT2D eigenvalue weighted by Gasteiger charge is -2.38. The van der Waals surface area contributed by atoms with Crippen molar-refractivity contribution in [3.05, 3.63) is 82.4 Å². The first-order valence-electron chi connectivity index (χ1n) is 13.1. The molecule has 1 aliphatic carbocycles. The molecule has 0 saturated carbocycles. The summed E-state index contributed by atoms with van der Waals surface area (Å²) < 4.78 is 22.2. The van der Waals surface area contributed by atoms with Gasteiger partial charge in [-0.15, -0.1) is 0 Å². The summed E-state index contributed by atoms with van der Waals surface area (Å²) in [6.45, 7) is 1.11. The van der Waals surface area contributed by atoms with E-state index in [9.17, 15) is 4.79 Å². The Hall–Kier alpha value is -3.71. The van der Waals surface area contributed by atoms with Gasteiger partial charge in [-0.1, -0.05) is 30.3 Å². The molecule has 1 heterocycles. The molecule has 0 spiro atoms. The number of rotatable bonds is 9. The highest BCUT2D eigenvalue weighted by molar-refractivity contribution is 5.78. The number of ether oxygens (including phenoxy) is 4. The summed E-state index contributed by atoms with van der Waals surface area (Å²) >= 11 is 0. The van der Waals surface area contributed by atoms with Crippen LogP contribution in [-0.2, 0) is 30.5 Å². The van der Waals surface area contributed by atoms with Crippen molar-refractivity contribution in [3.63, 3.8) is 0 Å². The Kier molecular flexibility index (Phi) is 7.74. The maximum Gasteiger partial charge on any atom is 0.234 e.